The van der Waals surface area contributed by atoms with Crippen molar-refractivity contribution < 1.29 is 0 Å². The van der Waals surface area contributed by atoms with E-state index in [1.807, 2.05) is 11.3 Å². The summed E-state index contributed by atoms with van der Waals surface area (Å²) in [5.41, 5.74) is 5.78. The monoisotopic (exact) mass is 304 g/mol. The van der Waals surface area contributed by atoms with Crippen molar-refractivity contribution in [1.29, 1.82) is 0 Å². The molecule has 1 unspecified atom stereocenters. The van der Waals surface area contributed by atoms with Gasteiger partial charge in [-0.25, -0.2) is 0 Å². The van der Waals surface area contributed by atoms with Gasteiger partial charge in [0.2, 0.25) is 0 Å². The molecule has 2 nitrogen and oxygen atoms in total. The number of halogens is 1. The fourth-order valence-corrected chi connectivity index (χ4v) is 3.02. The molecule has 0 aromatic carbocycles. The van der Waals surface area contributed by atoms with Crippen molar-refractivity contribution in [3.63, 3.8) is 0 Å². The molecule has 3 N–H and O–H groups in total. The van der Waals surface area contributed by atoms with Crippen LogP contribution in [0.15, 0.2) is 15.9 Å². The summed E-state index contributed by atoms with van der Waals surface area (Å²) in [6.07, 6.45) is 0. The van der Waals surface area contributed by atoms with Gasteiger partial charge >= 0.3 is 0 Å². The molecule has 4 heteroatoms. The zero-order valence-corrected chi connectivity index (χ0v) is 12.6. The first kappa shape index (κ1) is 14.2. The van der Waals surface area contributed by atoms with Gasteiger partial charge in [0.05, 0.1) is 0 Å². The first-order valence-electron chi connectivity index (χ1n) is 5.61. The minimum Gasteiger partial charge on any atom is -0.330 e. The average molecular weight is 305 g/mol. The lowest BCUT2D eigenvalue weighted by atomic mass is 9.91. The molecule has 0 aliphatic rings. The SMILES string of the molecule is CC(CN)CNCC(C)(C)c1cc(Br)cs1. The predicted octanol–water partition coefficient (Wildman–Crippen LogP) is 2.97. The summed E-state index contributed by atoms with van der Waals surface area (Å²) in [5.74, 6) is 0.547. The van der Waals surface area contributed by atoms with E-state index in [9.17, 15) is 0 Å². The van der Waals surface area contributed by atoms with Crippen LogP contribution in [0.25, 0.3) is 0 Å². The second kappa shape index (κ2) is 6.15. The van der Waals surface area contributed by atoms with Gasteiger partial charge in [0, 0.05) is 26.7 Å². The minimum absolute atomic E-state index is 0.186. The van der Waals surface area contributed by atoms with Crippen LogP contribution in [0.5, 0.6) is 0 Å². The Kier molecular flexibility index (Phi) is 5.44. The van der Waals surface area contributed by atoms with Crippen LogP contribution in [-0.4, -0.2) is 19.6 Å². The van der Waals surface area contributed by atoms with Gasteiger partial charge in [-0.15, -0.1) is 11.3 Å². The lowest BCUT2D eigenvalue weighted by Crippen LogP contribution is -2.36. The molecule has 0 fully saturated rings. The van der Waals surface area contributed by atoms with Crippen molar-refractivity contribution in [2.45, 2.75) is 26.2 Å². The highest BCUT2D eigenvalue weighted by Crippen LogP contribution is 2.30. The molecule has 16 heavy (non-hydrogen) atoms. The molecule has 1 aromatic rings. The largest absolute Gasteiger partial charge is 0.330 e. The molecule has 0 saturated carbocycles. The second-order valence-corrected chi connectivity index (χ2v) is 6.81. The summed E-state index contributed by atoms with van der Waals surface area (Å²) in [4.78, 5) is 1.41. The van der Waals surface area contributed by atoms with Gasteiger partial charge in [-0.3, -0.25) is 0 Å². The Balaban J connectivity index is 2.46. The number of hydrogen-bond donors (Lipinski definition) is 2. The Hall–Kier alpha value is 0.1000. The highest BCUT2D eigenvalue weighted by molar-refractivity contribution is 9.10. The smallest absolute Gasteiger partial charge is 0.0285 e. The highest BCUT2D eigenvalue weighted by atomic mass is 79.9. The lowest BCUT2D eigenvalue weighted by Gasteiger charge is -2.24. The number of hydrogen-bond acceptors (Lipinski definition) is 3. The van der Waals surface area contributed by atoms with Crippen LogP contribution in [0, 0.1) is 5.92 Å². The van der Waals surface area contributed by atoms with Crippen molar-refractivity contribution in [3.05, 3.63) is 20.8 Å². The topological polar surface area (TPSA) is 38.0 Å². The van der Waals surface area contributed by atoms with E-state index in [-0.39, 0.29) is 5.41 Å². The Bertz CT molecular complexity index is 323. The van der Waals surface area contributed by atoms with Gasteiger partial charge in [-0.2, -0.15) is 0 Å². The normalized spacial score (nSPS) is 14.1. The third kappa shape index (κ3) is 4.17. The van der Waals surface area contributed by atoms with Crippen molar-refractivity contribution in [2.75, 3.05) is 19.6 Å². The molecule has 0 aliphatic carbocycles. The Morgan fingerprint density at radius 1 is 1.56 bits per heavy atom. The molecule has 0 saturated heterocycles. The zero-order valence-electron chi connectivity index (χ0n) is 10.2. The van der Waals surface area contributed by atoms with Crippen LogP contribution >= 0.6 is 27.3 Å². The van der Waals surface area contributed by atoms with Crippen LogP contribution in [0.3, 0.4) is 0 Å². The molecular weight excluding hydrogens is 284 g/mol. The van der Waals surface area contributed by atoms with Gasteiger partial charge in [0.15, 0.2) is 0 Å². The molecule has 1 heterocycles. The summed E-state index contributed by atoms with van der Waals surface area (Å²) in [6, 6.07) is 2.21. The summed E-state index contributed by atoms with van der Waals surface area (Å²) < 4.78 is 1.18. The molecule has 92 valence electrons. The standard InChI is InChI=1S/C12H21BrN2S/c1-9(5-14)6-15-8-12(2,3)11-4-10(13)7-16-11/h4,7,9,15H,5-6,8,14H2,1-3H3. The molecule has 1 atom stereocenters. The highest BCUT2D eigenvalue weighted by Gasteiger charge is 2.22. The Morgan fingerprint density at radius 2 is 2.25 bits per heavy atom. The van der Waals surface area contributed by atoms with E-state index in [4.69, 9.17) is 5.73 Å². The molecule has 0 amide bonds. The molecule has 0 aliphatic heterocycles. The number of thiophene rings is 1. The zero-order chi connectivity index (χ0) is 12.2. The van der Waals surface area contributed by atoms with E-state index in [0.717, 1.165) is 19.6 Å². The maximum atomic E-state index is 5.59. The van der Waals surface area contributed by atoms with Gasteiger partial charge in [-0.1, -0.05) is 20.8 Å². The van der Waals surface area contributed by atoms with Crippen LogP contribution in [0.2, 0.25) is 0 Å². The average Bonchev–Trinajstić information content (AvgIpc) is 2.65. The Morgan fingerprint density at radius 3 is 2.75 bits per heavy atom. The molecular formula is C12H21BrN2S. The van der Waals surface area contributed by atoms with Crippen LogP contribution in [-0.2, 0) is 5.41 Å². The molecule has 0 bridgehead atoms. The third-order valence-electron chi connectivity index (χ3n) is 2.70. The first-order chi connectivity index (χ1) is 7.45. The first-order valence-corrected chi connectivity index (χ1v) is 7.28. The van der Waals surface area contributed by atoms with E-state index in [0.29, 0.717) is 5.92 Å². The second-order valence-electron chi connectivity index (χ2n) is 4.98. The fraction of sp³-hybridized carbons (Fsp3) is 0.667. The van der Waals surface area contributed by atoms with Gasteiger partial charge < -0.3 is 11.1 Å². The van der Waals surface area contributed by atoms with E-state index < -0.39 is 0 Å². The van der Waals surface area contributed by atoms with Crippen LogP contribution in [0.1, 0.15) is 25.6 Å². The summed E-state index contributed by atoms with van der Waals surface area (Å²) in [7, 11) is 0. The van der Waals surface area contributed by atoms with Crippen LogP contribution < -0.4 is 11.1 Å². The van der Waals surface area contributed by atoms with Gasteiger partial charge in [0.1, 0.15) is 0 Å². The quantitative estimate of drug-likeness (QED) is 0.848. The fourth-order valence-electron chi connectivity index (χ4n) is 1.47. The number of rotatable bonds is 6. The maximum absolute atomic E-state index is 5.59. The molecule has 0 radical (unpaired) electrons. The van der Waals surface area contributed by atoms with Crippen molar-refractivity contribution in [3.8, 4) is 0 Å². The van der Waals surface area contributed by atoms with E-state index in [2.05, 4.69) is 53.5 Å². The Labute approximate surface area is 111 Å². The van der Waals surface area contributed by atoms with Crippen molar-refractivity contribution >= 4 is 27.3 Å². The van der Waals surface area contributed by atoms with Crippen molar-refractivity contribution in [1.82, 2.24) is 5.32 Å². The van der Waals surface area contributed by atoms with Crippen LogP contribution in [0.4, 0.5) is 0 Å². The van der Waals surface area contributed by atoms with E-state index in [1.54, 1.807) is 0 Å². The molecule has 1 aromatic heterocycles. The summed E-state index contributed by atoms with van der Waals surface area (Å²) >= 11 is 5.31. The van der Waals surface area contributed by atoms with E-state index >= 15 is 0 Å². The molecule has 1 rings (SSSR count). The van der Waals surface area contributed by atoms with Crippen molar-refractivity contribution in [2.24, 2.45) is 11.7 Å². The van der Waals surface area contributed by atoms with Gasteiger partial charge in [-0.05, 0) is 41.0 Å². The van der Waals surface area contributed by atoms with E-state index in [1.165, 1.54) is 9.35 Å². The summed E-state index contributed by atoms with van der Waals surface area (Å²) in [5, 5.41) is 5.63. The maximum Gasteiger partial charge on any atom is 0.0285 e. The van der Waals surface area contributed by atoms with Gasteiger partial charge in [0.25, 0.3) is 0 Å². The minimum atomic E-state index is 0.186. The summed E-state index contributed by atoms with van der Waals surface area (Å²) in [6.45, 7) is 9.44. The third-order valence-corrected chi connectivity index (χ3v) is 4.75. The predicted molar refractivity (Wildman–Crippen MR) is 76.1 cm³/mol. The lowest BCUT2D eigenvalue weighted by molar-refractivity contribution is 0.439. The number of nitrogens with two attached hydrogens (primary N) is 1. The number of nitrogens with one attached hydrogen (secondary N) is 1. The molecule has 0 spiro atoms.